The van der Waals surface area contributed by atoms with Crippen molar-refractivity contribution >= 4 is 79.9 Å². The molecule has 4 rings (SSSR count). The molecular formula is C20H19BrClN3O5S2. The summed E-state index contributed by atoms with van der Waals surface area (Å²) >= 11 is 12.5. The molecule has 0 atom stereocenters. The van der Waals surface area contributed by atoms with Gasteiger partial charge >= 0.3 is 6.09 Å². The van der Waals surface area contributed by atoms with Crippen LogP contribution in [-0.4, -0.2) is 54.7 Å². The zero-order valence-electron chi connectivity index (χ0n) is 16.7. The van der Waals surface area contributed by atoms with Gasteiger partial charge in [-0.25, -0.2) is 4.79 Å². The molecule has 8 nitrogen and oxygen atoms in total. The Labute approximate surface area is 206 Å². The van der Waals surface area contributed by atoms with E-state index in [1.54, 1.807) is 47.0 Å². The molecule has 2 aliphatic rings. The van der Waals surface area contributed by atoms with Gasteiger partial charge in [-0.3, -0.25) is 9.59 Å². The maximum atomic E-state index is 13.0. The lowest BCUT2D eigenvalue weighted by molar-refractivity contribution is -0.121. The summed E-state index contributed by atoms with van der Waals surface area (Å²) in [6.07, 6.45) is -0.399. The van der Waals surface area contributed by atoms with Gasteiger partial charge in [-0.05, 0) is 46.3 Å². The molecule has 0 bridgehead atoms. The van der Waals surface area contributed by atoms with Crippen LogP contribution in [0, 0.1) is 0 Å². The number of hydrogen-bond donors (Lipinski definition) is 2. The summed E-state index contributed by atoms with van der Waals surface area (Å²) in [5, 5.41) is 6.27. The number of halogens is 2. The van der Waals surface area contributed by atoms with E-state index in [1.807, 2.05) is 0 Å². The topological polar surface area (TPSA) is 97.0 Å². The van der Waals surface area contributed by atoms with Crippen molar-refractivity contribution in [3.8, 4) is 5.06 Å². The van der Waals surface area contributed by atoms with Crippen molar-refractivity contribution in [2.45, 2.75) is 12.0 Å². The highest BCUT2D eigenvalue weighted by molar-refractivity contribution is 9.11. The number of ether oxygens (including phenoxy) is 2. The standard InChI is InChI=1S/C20H19BrClN3O5S2/c21-15-3-4-17(32-15)30-19(28)24-20(10-31-11-20)18(27)23-12-1-2-14(13(22)9-12)25-6-8-29-7-5-16(25)26/h1-4,9H,5-8,10-11H2,(H,23,27)(H,24,28). The molecule has 2 saturated heterocycles. The molecule has 3 amide bonds. The van der Waals surface area contributed by atoms with Crippen molar-refractivity contribution in [3.05, 3.63) is 39.1 Å². The van der Waals surface area contributed by atoms with Crippen molar-refractivity contribution in [2.75, 3.05) is 41.5 Å². The SMILES string of the molecule is O=C(NC1(C(=O)Nc2ccc(N3CCOCCC3=O)c(Cl)c2)CSC1)Oc1ccc(Br)s1. The van der Waals surface area contributed by atoms with Crippen LogP contribution >= 0.6 is 50.6 Å². The van der Waals surface area contributed by atoms with Gasteiger partial charge in [0.25, 0.3) is 5.91 Å². The van der Waals surface area contributed by atoms with Crippen molar-refractivity contribution in [3.63, 3.8) is 0 Å². The quantitative estimate of drug-likeness (QED) is 0.571. The lowest BCUT2D eigenvalue weighted by Gasteiger charge is -2.39. The third-order valence-corrected chi connectivity index (χ3v) is 8.13. The second-order valence-corrected chi connectivity index (χ2v) is 11.0. The van der Waals surface area contributed by atoms with Gasteiger partial charge < -0.3 is 25.0 Å². The maximum absolute atomic E-state index is 13.0. The first kappa shape index (κ1) is 23.4. The zero-order valence-corrected chi connectivity index (χ0v) is 20.7. The molecule has 2 fully saturated rings. The predicted octanol–water partition coefficient (Wildman–Crippen LogP) is 4.13. The second-order valence-electron chi connectivity index (χ2n) is 7.18. The van der Waals surface area contributed by atoms with Gasteiger partial charge in [0.1, 0.15) is 5.54 Å². The van der Waals surface area contributed by atoms with Crippen LogP contribution in [0.1, 0.15) is 6.42 Å². The van der Waals surface area contributed by atoms with Crippen LogP contribution in [0.2, 0.25) is 5.02 Å². The van der Waals surface area contributed by atoms with Crippen molar-refractivity contribution < 1.29 is 23.9 Å². The number of thiophene rings is 1. The van der Waals surface area contributed by atoms with Gasteiger partial charge in [-0.1, -0.05) is 22.9 Å². The van der Waals surface area contributed by atoms with Gasteiger partial charge in [0.15, 0.2) is 5.06 Å². The fourth-order valence-electron chi connectivity index (χ4n) is 3.22. The lowest BCUT2D eigenvalue weighted by atomic mass is 10.0. The van der Waals surface area contributed by atoms with E-state index < -0.39 is 11.6 Å². The molecule has 2 aromatic rings. The zero-order chi connectivity index (χ0) is 22.7. The maximum Gasteiger partial charge on any atom is 0.414 e. The second kappa shape index (κ2) is 10.0. The van der Waals surface area contributed by atoms with E-state index in [-0.39, 0.29) is 11.8 Å². The lowest BCUT2D eigenvalue weighted by Crippen LogP contribution is -2.65. The van der Waals surface area contributed by atoms with Gasteiger partial charge in [-0.15, -0.1) is 0 Å². The van der Waals surface area contributed by atoms with Crippen LogP contribution in [-0.2, 0) is 14.3 Å². The van der Waals surface area contributed by atoms with E-state index in [2.05, 4.69) is 26.6 Å². The molecule has 0 unspecified atom stereocenters. The first-order valence-corrected chi connectivity index (χ1v) is 12.8. The molecule has 0 radical (unpaired) electrons. The smallest absolute Gasteiger partial charge is 0.399 e. The summed E-state index contributed by atoms with van der Waals surface area (Å²) in [4.78, 5) is 39.2. The first-order chi connectivity index (χ1) is 15.4. The van der Waals surface area contributed by atoms with E-state index in [0.29, 0.717) is 59.1 Å². The number of thioether (sulfide) groups is 1. The summed E-state index contributed by atoms with van der Waals surface area (Å²) in [6.45, 7) is 1.24. The minimum absolute atomic E-state index is 0.0629. The normalized spacial score (nSPS) is 17.8. The number of carbonyl (C=O) groups is 3. The molecule has 2 aliphatic heterocycles. The highest BCUT2D eigenvalue weighted by Crippen LogP contribution is 2.34. The van der Waals surface area contributed by atoms with Gasteiger partial charge in [0.05, 0.1) is 34.1 Å². The van der Waals surface area contributed by atoms with Gasteiger partial charge in [0.2, 0.25) is 5.91 Å². The number of nitrogens with one attached hydrogen (secondary N) is 2. The van der Waals surface area contributed by atoms with Gasteiger partial charge in [0, 0.05) is 23.7 Å². The monoisotopic (exact) mass is 559 g/mol. The van der Waals surface area contributed by atoms with Gasteiger partial charge in [-0.2, -0.15) is 11.8 Å². The summed E-state index contributed by atoms with van der Waals surface area (Å²) in [5.41, 5.74) is -0.0340. The molecule has 0 saturated carbocycles. The Hall–Kier alpha value is -1.79. The van der Waals surface area contributed by atoms with E-state index in [4.69, 9.17) is 21.1 Å². The highest BCUT2D eigenvalue weighted by Gasteiger charge is 2.47. The molecule has 32 heavy (non-hydrogen) atoms. The molecule has 0 aliphatic carbocycles. The Kier molecular flexibility index (Phi) is 7.30. The molecule has 3 heterocycles. The molecule has 2 N–H and O–H groups in total. The minimum atomic E-state index is -1.07. The van der Waals surface area contributed by atoms with E-state index in [1.165, 1.54) is 11.3 Å². The van der Waals surface area contributed by atoms with Crippen molar-refractivity contribution in [2.24, 2.45) is 0 Å². The number of carbonyl (C=O) groups excluding carboxylic acids is 3. The highest BCUT2D eigenvalue weighted by atomic mass is 79.9. The molecule has 12 heteroatoms. The molecular weight excluding hydrogens is 542 g/mol. The fourth-order valence-corrected chi connectivity index (χ4v) is 5.71. The molecule has 1 aromatic carbocycles. The van der Waals surface area contributed by atoms with Crippen LogP contribution in [0.4, 0.5) is 16.2 Å². The predicted molar refractivity (Wildman–Crippen MR) is 129 cm³/mol. The summed E-state index contributed by atoms with van der Waals surface area (Å²) < 4.78 is 11.5. The number of benzene rings is 1. The summed E-state index contributed by atoms with van der Waals surface area (Å²) in [7, 11) is 0. The van der Waals surface area contributed by atoms with Crippen LogP contribution in [0.25, 0.3) is 0 Å². The number of rotatable bonds is 5. The van der Waals surface area contributed by atoms with Crippen LogP contribution in [0.3, 0.4) is 0 Å². The van der Waals surface area contributed by atoms with Crippen molar-refractivity contribution in [1.29, 1.82) is 0 Å². The Balaban J connectivity index is 1.42. The largest absolute Gasteiger partial charge is 0.414 e. The van der Waals surface area contributed by atoms with Crippen molar-refractivity contribution in [1.82, 2.24) is 5.32 Å². The molecule has 1 aromatic heterocycles. The third kappa shape index (κ3) is 5.23. The Morgan fingerprint density at radius 1 is 1.22 bits per heavy atom. The Morgan fingerprint density at radius 2 is 2.03 bits per heavy atom. The summed E-state index contributed by atoms with van der Waals surface area (Å²) in [6, 6.07) is 8.41. The molecule has 170 valence electrons. The Morgan fingerprint density at radius 3 is 2.69 bits per heavy atom. The summed E-state index contributed by atoms with van der Waals surface area (Å²) in [5.74, 6) is 0.433. The number of amides is 3. The fraction of sp³-hybridized carbons (Fsp3) is 0.350. The van der Waals surface area contributed by atoms with E-state index in [9.17, 15) is 14.4 Å². The number of hydrogen-bond acceptors (Lipinski definition) is 7. The third-order valence-electron chi connectivity index (χ3n) is 4.93. The first-order valence-electron chi connectivity index (χ1n) is 9.68. The Bertz CT molecular complexity index is 1050. The number of anilines is 2. The average Bonchev–Trinajstić information content (AvgIpc) is 3.00. The van der Waals surface area contributed by atoms with E-state index in [0.717, 1.165) is 3.79 Å². The minimum Gasteiger partial charge on any atom is -0.399 e. The van der Waals surface area contributed by atoms with Crippen LogP contribution in [0.5, 0.6) is 5.06 Å². The van der Waals surface area contributed by atoms with Crippen LogP contribution < -0.4 is 20.3 Å². The average molecular weight is 561 g/mol. The molecule has 0 spiro atoms. The number of nitrogens with zero attached hydrogens (tertiary/aromatic N) is 1. The van der Waals surface area contributed by atoms with Crippen LogP contribution in [0.15, 0.2) is 34.1 Å². The van der Waals surface area contributed by atoms with E-state index >= 15 is 0 Å².